The molecule has 0 spiro atoms. The molecule has 4 rings (SSSR count). The summed E-state index contributed by atoms with van der Waals surface area (Å²) < 4.78 is 39.2. The van der Waals surface area contributed by atoms with Crippen molar-refractivity contribution in [3.8, 4) is 0 Å². The maximum Gasteiger partial charge on any atom is 0.434 e. The summed E-state index contributed by atoms with van der Waals surface area (Å²) in [5.41, 5.74) is -1.25. The van der Waals surface area contributed by atoms with E-state index in [0.29, 0.717) is 30.7 Å². The van der Waals surface area contributed by atoms with Crippen molar-refractivity contribution < 1.29 is 18.0 Å². The maximum absolute atomic E-state index is 13.1. The molecule has 0 unspecified atom stereocenters. The standard InChI is InChI=1S/C30H41F3N2OS/c1-3-4-5-6-7-8-9-10-11-12-13-14-15-16-17-18-19-20-25(36)35-29-21-28(22-29,23-29)27-34-26(24(2)37-27)30(31,32)33/h7-8,10-11,13-14,16-17H,3-6,9,12,15,18-23H2,1-2H3,(H,35,36). The molecule has 1 N–H and O–H groups in total. The fraction of sp³-hybridized carbons (Fsp3) is 0.600. The molecule has 1 aromatic heterocycles. The van der Waals surface area contributed by atoms with Crippen molar-refractivity contribution in [2.75, 3.05) is 0 Å². The number of aromatic nitrogens is 1. The minimum atomic E-state index is -4.40. The van der Waals surface area contributed by atoms with Gasteiger partial charge in [0.2, 0.25) is 5.91 Å². The monoisotopic (exact) mass is 534 g/mol. The van der Waals surface area contributed by atoms with Gasteiger partial charge in [-0.2, -0.15) is 13.2 Å². The van der Waals surface area contributed by atoms with Crippen LogP contribution >= 0.6 is 11.3 Å². The number of carbonyl (C=O) groups is 1. The Kier molecular flexibility index (Phi) is 10.8. The predicted octanol–water partition coefficient (Wildman–Crippen LogP) is 8.91. The number of hydrogen-bond donors (Lipinski definition) is 1. The normalized spacial score (nSPS) is 23.4. The minimum Gasteiger partial charge on any atom is -0.351 e. The van der Waals surface area contributed by atoms with Crippen LogP contribution in [0.1, 0.15) is 106 Å². The summed E-state index contributed by atoms with van der Waals surface area (Å²) in [6.45, 7) is 3.70. The zero-order valence-electron chi connectivity index (χ0n) is 22.2. The number of nitrogens with one attached hydrogen (secondary N) is 1. The quantitative estimate of drug-likeness (QED) is 0.170. The van der Waals surface area contributed by atoms with Crippen molar-refractivity contribution in [3.63, 3.8) is 0 Å². The van der Waals surface area contributed by atoms with Gasteiger partial charge in [-0.1, -0.05) is 68.4 Å². The third kappa shape index (κ3) is 8.42. The Morgan fingerprint density at radius 1 is 0.919 bits per heavy atom. The average molecular weight is 535 g/mol. The fourth-order valence-corrected chi connectivity index (χ4v) is 6.45. The smallest absolute Gasteiger partial charge is 0.351 e. The van der Waals surface area contributed by atoms with Gasteiger partial charge in [0.05, 0.1) is 5.01 Å². The molecule has 3 saturated carbocycles. The van der Waals surface area contributed by atoms with E-state index in [1.807, 2.05) is 0 Å². The van der Waals surface area contributed by atoms with Crippen LogP contribution in [0.15, 0.2) is 48.6 Å². The summed E-state index contributed by atoms with van der Waals surface area (Å²) in [4.78, 5) is 16.5. The highest BCUT2D eigenvalue weighted by molar-refractivity contribution is 7.11. The van der Waals surface area contributed by atoms with Crippen LogP contribution in [0, 0.1) is 6.92 Å². The molecule has 7 heteroatoms. The van der Waals surface area contributed by atoms with E-state index in [4.69, 9.17) is 0 Å². The molecular formula is C30H41F3N2OS. The van der Waals surface area contributed by atoms with Crippen molar-refractivity contribution in [2.45, 2.75) is 114 Å². The van der Waals surface area contributed by atoms with Gasteiger partial charge in [-0.3, -0.25) is 4.79 Å². The molecule has 0 radical (unpaired) electrons. The summed E-state index contributed by atoms with van der Waals surface area (Å²) in [7, 11) is 0. The lowest BCUT2D eigenvalue weighted by molar-refractivity contribution is -0.142. The van der Waals surface area contributed by atoms with Crippen molar-refractivity contribution in [3.05, 3.63) is 64.2 Å². The van der Waals surface area contributed by atoms with Crippen LogP contribution in [0.25, 0.3) is 0 Å². The first-order valence-corrected chi connectivity index (χ1v) is 14.5. The molecule has 37 heavy (non-hydrogen) atoms. The number of thiazole rings is 1. The lowest BCUT2D eigenvalue weighted by Gasteiger charge is -2.69. The van der Waals surface area contributed by atoms with Gasteiger partial charge in [0.25, 0.3) is 0 Å². The lowest BCUT2D eigenvalue weighted by atomic mass is 9.39. The zero-order valence-corrected chi connectivity index (χ0v) is 23.0. The van der Waals surface area contributed by atoms with Crippen molar-refractivity contribution >= 4 is 17.2 Å². The average Bonchev–Trinajstić information content (AvgIpc) is 3.19. The number of unbranched alkanes of at least 4 members (excludes halogenated alkanes) is 4. The van der Waals surface area contributed by atoms with Crippen molar-refractivity contribution in [1.82, 2.24) is 10.3 Å². The number of carbonyl (C=O) groups excluding carboxylic acids is 1. The highest BCUT2D eigenvalue weighted by Crippen LogP contribution is 2.68. The maximum atomic E-state index is 13.1. The molecule has 1 amide bonds. The Labute approximate surface area is 224 Å². The van der Waals surface area contributed by atoms with Crippen LogP contribution < -0.4 is 5.32 Å². The number of halogens is 3. The Bertz CT molecular complexity index is 983. The van der Waals surface area contributed by atoms with Crippen molar-refractivity contribution in [1.29, 1.82) is 0 Å². The molecular weight excluding hydrogens is 493 g/mol. The summed E-state index contributed by atoms with van der Waals surface area (Å²) in [6.07, 6.45) is 25.2. The van der Waals surface area contributed by atoms with Gasteiger partial charge in [-0.05, 0) is 71.1 Å². The van der Waals surface area contributed by atoms with E-state index in [1.165, 1.54) is 32.6 Å². The van der Waals surface area contributed by atoms with Gasteiger partial charge in [0, 0.05) is 22.3 Å². The fourth-order valence-electron chi connectivity index (χ4n) is 5.33. The number of amides is 1. The molecule has 3 nitrogen and oxygen atoms in total. The van der Waals surface area contributed by atoms with Crippen molar-refractivity contribution in [2.24, 2.45) is 0 Å². The second kappa shape index (κ2) is 13.6. The summed E-state index contributed by atoms with van der Waals surface area (Å²) >= 11 is 1.15. The summed E-state index contributed by atoms with van der Waals surface area (Å²) in [5, 5.41) is 3.71. The first-order chi connectivity index (χ1) is 17.7. The Morgan fingerprint density at radius 2 is 1.46 bits per heavy atom. The Morgan fingerprint density at radius 3 is 1.97 bits per heavy atom. The Hall–Kier alpha value is -2.15. The van der Waals surface area contributed by atoms with Crippen LogP contribution in [0.4, 0.5) is 13.2 Å². The molecule has 204 valence electrons. The highest BCUT2D eigenvalue weighted by atomic mass is 32.1. The first kappa shape index (κ1) is 29.4. The summed E-state index contributed by atoms with van der Waals surface area (Å²) in [5.74, 6) is 0.0375. The van der Waals surface area contributed by atoms with Gasteiger partial charge in [0.1, 0.15) is 0 Å². The topological polar surface area (TPSA) is 42.0 Å². The van der Waals surface area contributed by atoms with Crippen LogP contribution in [0.5, 0.6) is 0 Å². The number of nitrogens with zero attached hydrogens (tertiary/aromatic N) is 1. The molecule has 3 fully saturated rings. The van der Waals surface area contributed by atoms with Crippen LogP contribution in [-0.2, 0) is 16.4 Å². The number of alkyl halides is 3. The molecule has 1 aromatic rings. The third-order valence-corrected chi connectivity index (χ3v) is 8.40. The SMILES string of the molecule is CCCCCC=CCC=CCC=CCC=CCCCC(=O)NC12CC(c3nc(C(F)(F)F)c(C)s3)(C1)C2. The van der Waals surface area contributed by atoms with Crippen LogP contribution in [0.2, 0.25) is 0 Å². The Balaban J connectivity index is 1.21. The number of aryl methyl sites for hydroxylation is 1. The molecule has 1 heterocycles. The predicted molar refractivity (Wildman–Crippen MR) is 147 cm³/mol. The largest absolute Gasteiger partial charge is 0.434 e. The van der Waals surface area contributed by atoms with Gasteiger partial charge >= 0.3 is 6.18 Å². The van der Waals surface area contributed by atoms with E-state index < -0.39 is 11.9 Å². The second-order valence-electron chi connectivity index (χ2n) is 10.5. The van der Waals surface area contributed by atoms with E-state index in [1.54, 1.807) is 0 Å². The van der Waals surface area contributed by atoms with E-state index in [9.17, 15) is 18.0 Å². The molecule has 0 aromatic carbocycles. The van der Waals surface area contributed by atoms with Gasteiger partial charge in [0.15, 0.2) is 5.69 Å². The van der Waals surface area contributed by atoms with Gasteiger partial charge in [-0.25, -0.2) is 4.98 Å². The molecule has 3 aliphatic carbocycles. The molecule has 2 bridgehead atoms. The lowest BCUT2D eigenvalue weighted by Crippen LogP contribution is -2.76. The highest BCUT2D eigenvalue weighted by Gasteiger charge is 2.70. The summed E-state index contributed by atoms with van der Waals surface area (Å²) in [6, 6.07) is 0. The second-order valence-corrected chi connectivity index (χ2v) is 11.7. The molecule has 0 aliphatic heterocycles. The van der Waals surface area contributed by atoms with Crippen LogP contribution in [-0.4, -0.2) is 16.4 Å². The number of allylic oxidation sites excluding steroid dienone is 8. The van der Waals surface area contributed by atoms with E-state index in [0.717, 1.165) is 43.4 Å². The van der Waals surface area contributed by atoms with E-state index in [-0.39, 0.29) is 21.7 Å². The third-order valence-electron chi connectivity index (χ3n) is 7.19. The van der Waals surface area contributed by atoms with Gasteiger partial charge in [-0.15, -0.1) is 11.3 Å². The molecule has 0 atom stereocenters. The van der Waals surface area contributed by atoms with E-state index in [2.05, 4.69) is 65.8 Å². The minimum absolute atomic E-state index is 0.0375. The zero-order chi connectivity index (χ0) is 26.8. The van der Waals surface area contributed by atoms with Gasteiger partial charge < -0.3 is 5.32 Å². The number of rotatable bonds is 16. The molecule has 0 saturated heterocycles. The number of hydrogen-bond acceptors (Lipinski definition) is 3. The first-order valence-electron chi connectivity index (χ1n) is 13.7. The van der Waals surface area contributed by atoms with Crippen LogP contribution in [0.3, 0.4) is 0 Å². The van der Waals surface area contributed by atoms with E-state index >= 15 is 0 Å². The molecule has 3 aliphatic rings.